The molecule has 1 atom stereocenters. The molecule has 0 aromatic heterocycles. The van der Waals surface area contributed by atoms with Gasteiger partial charge in [0.2, 0.25) is 0 Å². The Balaban J connectivity index is 3.13. The Kier molecular flexibility index (Phi) is 25.5. The zero-order chi connectivity index (χ0) is 21.3. The molecule has 0 aliphatic carbocycles. The maximum absolute atomic E-state index is 3.93. The van der Waals surface area contributed by atoms with Gasteiger partial charge in [0.1, 0.15) is 0 Å². The Morgan fingerprint density at radius 1 is 0.448 bits per heavy atom. The van der Waals surface area contributed by atoms with E-state index in [4.69, 9.17) is 0 Å². The highest BCUT2D eigenvalue weighted by atomic mass is 14.1. The smallest absolute Gasteiger partial charge is 0.0348 e. The van der Waals surface area contributed by atoms with E-state index in [0.717, 1.165) is 18.8 Å². The van der Waals surface area contributed by atoms with Crippen molar-refractivity contribution >= 4 is 0 Å². The van der Waals surface area contributed by atoms with Crippen LogP contribution in [0.3, 0.4) is 0 Å². The van der Waals surface area contributed by atoms with E-state index >= 15 is 0 Å². The molecule has 0 rings (SSSR count). The summed E-state index contributed by atoms with van der Waals surface area (Å²) < 4.78 is 0. The summed E-state index contributed by atoms with van der Waals surface area (Å²) in [5, 5.41) is 0. The summed E-state index contributed by atoms with van der Waals surface area (Å²) in [6.45, 7) is 10.2. The van der Waals surface area contributed by atoms with E-state index in [9.17, 15) is 0 Å². The van der Waals surface area contributed by atoms with Gasteiger partial charge in [-0.15, -0.1) is 0 Å². The molecule has 0 saturated heterocycles. The molecule has 0 aliphatic rings. The second-order valence-corrected chi connectivity index (χ2v) is 9.45. The number of allylic oxidation sites excluding steroid dienone is 2. The molecule has 0 heterocycles. The molecule has 0 nitrogen and oxygen atoms in total. The SMILES string of the molecule is [CH2]CCCCCCCCCCCCCCCCC/C=C/CCC(C)CCCC[CH2]. The van der Waals surface area contributed by atoms with Gasteiger partial charge in [-0.25, -0.2) is 0 Å². The zero-order valence-corrected chi connectivity index (χ0v) is 20.4. The first-order valence-electron chi connectivity index (χ1n) is 13.5. The molecular weight excluding hydrogens is 348 g/mol. The molecule has 29 heavy (non-hydrogen) atoms. The minimum absolute atomic E-state index is 0.889. The van der Waals surface area contributed by atoms with Crippen LogP contribution >= 0.6 is 0 Å². The monoisotopic (exact) mass is 404 g/mol. The average molecular weight is 405 g/mol. The predicted molar refractivity (Wildman–Crippen MR) is 135 cm³/mol. The van der Waals surface area contributed by atoms with Crippen LogP contribution in [0.2, 0.25) is 0 Å². The van der Waals surface area contributed by atoms with Gasteiger partial charge in [0.15, 0.2) is 0 Å². The first kappa shape index (κ1) is 28.7. The molecule has 0 spiro atoms. The standard InChI is InChI=1S/C29H56/c1-4-6-8-9-10-11-12-13-14-15-16-17-18-19-20-21-22-23-24-26-28-29(3)27-25-7-5-2/h23-24,29H,1-2,4-22,25-28H2,3H3/b24-23+. The quantitative estimate of drug-likeness (QED) is 0.111. The van der Waals surface area contributed by atoms with Gasteiger partial charge in [-0.3, -0.25) is 0 Å². The van der Waals surface area contributed by atoms with E-state index in [1.807, 2.05) is 0 Å². The lowest BCUT2D eigenvalue weighted by atomic mass is 9.98. The minimum Gasteiger partial charge on any atom is -0.0885 e. The topological polar surface area (TPSA) is 0 Å². The first-order valence-corrected chi connectivity index (χ1v) is 13.5. The number of unbranched alkanes of at least 4 members (excludes halogenated alkanes) is 18. The van der Waals surface area contributed by atoms with Gasteiger partial charge in [0.25, 0.3) is 0 Å². The van der Waals surface area contributed by atoms with Crippen molar-refractivity contribution in [3.63, 3.8) is 0 Å². The van der Waals surface area contributed by atoms with Gasteiger partial charge in [-0.2, -0.15) is 0 Å². The Labute approximate surface area is 186 Å². The van der Waals surface area contributed by atoms with E-state index < -0.39 is 0 Å². The fraction of sp³-hybridized carbons (Fsp3) is 0.862. The molecule has 0 saturated carbocycles. The minimum atomic E-state index is 0.889. The Morgan fingerprint density at radius 3 is 1.31 bits per heavy atom. The Bertz CT molecular complexity index is 303. The van der Waals surface area contributed by atoms with Crippen LogP contribution in [0.15, 0.2) is 12.2 Å². The van der Waals surface area contributed by atoms with Crippen molar-refractivity contribution in [1.82, 2.24) is 0 Å². The highest BCUT2D eigenvalue weighted by Crippen LogP contribution is 2.16. The molecule has 0 aromatic rings. The van der Waals surface area contributed by atoms with Crippen LogP contribution in [0.4, 0.5) is 0 Å². The van der Waals surface area contributed by atoms with Gasteiger partial charge in [-0.1, -0.05) is 155 Å². The second-order valence-electron chi connectivity index (χ2n) is 9.45. The van der Waals surface area contributed by atoms with E-state index in [0.29, 0.717) is 0 Å². The lowest BCUT2D eigenvalue weighted by Gasteiger charge is -2.08. The third-order valence-corrected chi connectivity index (χ3v) is 6.31. The van der Waals surface area contributed by atoms with Crippen LogP contribution < -0.4 is 0 Å². The molecule has 0 aliphatic heterocycles. The van der Waals surface area contributed by atoms with E-state index in [1.165, 1.54) is 135 Å². The normalized spacial score (nSPS) is 12.8. The highest BCUT2D eigenvalue weighted by molar-refractivity contribution is 4.82. The molecule has 0 N–H and O–H groups in total. The van der Waals surface area contributed by atoms with Gasteiger partial charge in [0, 0.05) is 0 Å². The maximum atomic E-state index is 3.93. The van der Waals surface area contributed by atoms with Gasteiger partial charge in [-0.05, 0) is 31.6 Å². The summed E-state index contributed by atoms with van der Waals surface area (Å²) in [6, 6.07) is 0. The molecule has 0 bridgehead atoms. The molecule has 0 amide bonds. The fourth-order valence-electron chi connectivity index (χ4n) is 4.17. The number of hydrogen-bond donors (Lipinski definition) is 0. The molecule has 172 valence electrons. The molecule has 1 unspecified atom stereocenters. The van der Waals surface area contributed by atoms with Gasteiger partial charge < -0.3 is 0 Å². The van der Waals surface area contributed by atoms with Crippen molar-refractivity contribution in [2.75, 3.05) is 0 Å². The van der Waals surface area contributed by atoms with Crippen molar-refractivity contribution in [1.29, 1.82) is 0 Å². The molecule has 0 heteroatoms. The van der Waals surface area contributed by atoms with Crippen molar-refractivity contribution in [3.05, 3.63) is 26.0 Å². The molecule has 0 fully saturated rings. The fourth-order valence-corrected chi connectivity index (χ4v) is 4.17. The van der Waals surface area contributed by atoms with Gasteiger partial charge in [0.05, 0.1) is 0 Å². The van der Waals surface area contributed by atoms with E-state index in [1.54, 1.807) is 0 Å². The first-order chi connectivity index (χ1) is 14.3. The van der Waals surface area contributed by atoms with E-state index in [2.05, 4.69) is 32.9 Å². The zero-order valence-electron chi connectivity index (χ0n) is 20.4. The van der Waals surface area contributed by atoms with Crippen LogP contribution in [0.25, 0.3) is 0 Å². The average Bonchev–Trinajstić information content (AvgIpc) is 2.72. The second kappa shape index (κ2) is 25.8. The summed E-state index contributed by atoms with van der Waals surface area (Å²) in [7, 11) is 0. The highest BCUT2D eigenvalue weighted by Gasteiger charge is 1.99. The third-order valence-electron chi connectivity index (χ3n) is 6.31. The van der Waals surface area contributed by atoms with Gasteiger partial charge >= 0.3 is 0 Å². The van der Waals surface area contributed by atoms with E-state index in [-0.39, 0.29) is 0 Å². The maximum Gasteiger partial charge on any atom is -0.0348 e. The Morgan fingerprint density at radius 2 is 0.828 bits per heavy atom. The third kappa shape index (κ3) is 25.7. The van der Waals surface area contributed by atoms with Crippen molar-refractivity contribution in [2.24, 2.45) is 5.92 Å². The summed E-state index contributed by atoms with van der Waals surface area (Å²) in [4.78, 5) is 0. The van der Waals surface area contributed by atoms with Crippen molar-refractivity contribution in [2.45, 2.75) is 155 Å². The summed E-state index contributed by atoms with van der Waals surface area (Å²) in [5.41, 5.74) is 0. The molecule has 2 radical (unpaired) electrons. The van der Waals surface area contributed by atoms with Crippen LogP contribution in [-0.2, 0) is 0 Å². The lowest BCUT2D eigenvalue weighted by molar-refractivity contribution is 0.470. The predicted octanol–water partition coefficient (Wildman–Crippen LogP) is 10.8. The van der Waals surface area contributed by atoms with Crippen molar-refractivity contribution in [3.8, 4) is 0 Å². The Hall–Kier alpha value is -0.260. The number of rotatable bonds is 24. The summed E-state index contributed by atoms with van der Waals surface area (Å²) in [6.07, 6.45) is 36.7. The molecule has 0 aromatic carbocycles. The van der Waals surface area contributed by atoms with Crippen LogP contribution in [0.1, 0.15) is 155 Å². The molecular formula is C29H56. The number of hydrogen-bond acceptors (Lipinski definition) is 0. The van der Waals surface area contributed by atoms with Crippen LogP contribution in [0.5, 0.6) is 0 Å². The largest absolute Gasteiger partial charge is 0.0885 e. The van der Waals surface area contributed by atoms with Crippen LogP contribution in [-0.4, -0.2) is 0 Å². The van der Waals surface area contributed by atoms with Crippen molar-refractivity contribution < 1.29 is 0 Å². The van der Waals surface area contributed by atoms with Crippen LogP contribution in [0, 0.1) is 19.8 Å². The summed E-state index contributed by atoms with van der Waals surface area (Å²) in [5.74, 6) is 0.889. The summed E-state index contributed by atoms with van der Waals surface area (Å²) >= 11 is 0. The lowest BCUT2D eigenvalue weighted by Crippen LogP contribution is -1.93.